The van der Waals surface area contributed by atoms with Crippen LogP contribution in [0.1, 0.15) is 31.9 Å². The molecule has 0 heterocycles. The third-order valence-electron chi connectivity index (χ3n) is 5.47. The van der Waals surface area contributed by atoms with E-state index in [0.717, 1.165) is 5.56 Å². The van der Waals surface area contributed by atoms with Crippen LogP contribution in [-0.4, -0.2) is 0 Å². The Bertz CT molecular complexity index is 1190. The van der Waals surface area contributed by atoms with Gasteiger partial charge in [0, 0.05) is 0 Å². The summed E-state index contributed by atoms with van der Waals surface area (Å²) in [6.07, 6.45) is 0. The molecular weight excluding hydrogens is 362 g/mol. The smallest absolute Gasteiger partial charge is 0.0991 e. The SMILES string of the molecule is CC(C)(C)c1cc(-c2ccc(C#N)cc2)cc(-c2ccc(-c3ccccc3)cc2)c1. The minimum absolute atomic E-state index is 0.0430. The molecule has 4 rings (SSSR count). The van der Waals surface area contributed by atoms with Crippen molar-refractivity contribution >= 4 is 0 Å². The number of benzene rings is 4. The van der Waals surface area contributed by atoms with E-state index in [4.69, 9.17) is 5.26 Å². The second kappa shape index (κ2) is 8.01. The molecule has 1 nitrogen and oxygen atoms in total. The zero-order valence-corrected chi connectivity index (χ0v) is 17.7. The minimum atomic E-state index is 0.0430. The van der Waals surface area contributed by atoms with Gasteiger partial charge in [-0.1, -0.05) is 99.6 Å². The van der Waals surface area contributed by atoms with Crippen molar-refractivity contribution in [3.8, 4) is 39.4 Å². The zero-order chi connectivity index (χ0) is 21.1. The Morgan fingerprint density at radius 3 is 1.43 bits per heavy atom. The van der Waals surface area contributed by atoms with Gasteiger partial charge in [0.2, 0.25) is 0 Å². The lowest BCUT2D eigenvalue weighted by atomic mass is 9.83. The summed E-state index contributed by atoms with van der Waals surface area (Å²) in [6, 6.07) is 36.1. The molecule has 0 N–H and O–H groups in total. The van der Waals surface area contributed by atoms with Gasteiger partial charge < -0.3 is 0 Å². The standard InChI is InChI=1S/C29H25N/c1-29(2,3)28-18-26(24-11-9-21(20-30)10-12-24)17-27(19-28)25-15-13-23(14-16-25)22-7-5-4-6-8-22/h4-19H,1-3H3. The van der Waals surface area contributed by atoms with E-state index < -0.39 is 0 Å². The van der Waals surface area contributed by atoms with Gasteiger partial charge in [-0.3, -0.25) is 0 Å². The molecule has 0 atom stereocenters. The first-order valence-corrected chi connectivity index (χ1v) is 10.3. The van der Waals surface area contributed by atoms with Crippen molar-refractivity contribution in [1.82, 2.24) is 0 Å². The summed E-state index contributed by atoms with van der Waals surface area (Å²) in [6.45, 7) is 6.73. The van der Waals surface area contributed by atoms with Crippen LogP contribution in [0.5, 0.6) is 0 Å². The van der Waals surface area contributed by atoms with Gasteiger partial charge in [0.15, 0.2) is 0 Å². The predicted molar refractivity (Wildman–Crippen MR) is 126 cm³/mol. The van der Waals surface area contributed by atoms with E-state index in [1.807, 2.05) is 30.3 Å². The van der Waals surface area contributed by atoms with Crippen LogP contribution in [-0.2, 0) is 5.41 Å². The number of hydrogen-bond donors (Lipinski definition) is 0. The molecular formula is C29H25N. The molecule has 0 aromatic heterocycles. The topological polar surface area (TPSA) is 23.8 Å². The van der Waals surface area contributed by atoms with Crippen molar-refractivity contribution in [2.45, 2.75) is 26.2 Å². The monoisotopic (exact) mass is 387 g/mol. The van der Waals surface area contributed by atoms with Crippen molar-refractivity contribution in [1.29, 1.82) is 5.26 Å². The van der Waals surface area contributed by atoms with Gasteiger partial charge in [-0.2, -0.15) is 5.26 Å². The summed E-state index contributed by atoms with van der Waals surface area (Å²) in [7, 11) is 0. The van der Waals surface area contributed by atoms with Gasteiger partial charge in [0.25, 0.3) is 0 Å². The predicted octanol–water partition coefficient (Wildman–Crippen LogP) is 7.86. The molecule has 0 saturated heterocycles. The highest BCUT2D eigenvalue weighted by Gasteiger charge is 2.16. The molecule has 30 heavy (non-hydrogen) atoms. The molecule has 0 spiro atoms. The first kappa shape index (κ1) is 19.7. The number of nitrogens with zero attached hydrogens (tertiary/aromatic N) is 1. The molecule has 4 aromatic carbocycles. The molecule has 0 aliphatic heterocycles. The number of hydrogen-bond acceptors (Lipinski definition) is 1. The number of nitriles is 1. The van der Waals surface area contributed by atoms with Gasteiger partial charge >= 0.3 is 0 Å². The molecule has 0 fully saturated rings. The summed E-state index contributed by atoms with van der Waals surface area (Å²) in [5.41, 5.74) is 9.19. The van der Waals surface area contributed by atoms with Crippen LogP contribution >= 0.6 is 0 Å². The van der Waals surface area contributed by atoms with E-state index >= 15 is 0 Å². The Kier molecular flexibility index (Phi) is 5.25. The van der Waals surface area contributed by atoms with Crippen molar-refractivity contribution in [3.05, 3.63) is 108 Å². The molecule has 0 unspecified atom stereocenters. The maximum absolute atomic E-state index is 9.10. The van der Waals surface area contributed by atoms with Crippen molar-refractivity contribution in [3.63, 3.8) is 0 Å². The Labute approximate surface area is 179 Å². The normalized spacial score (nSPS) is 11.1. The fourth-order valence-electron chi connectivity index (χ4n) is 3.62. The minimum Gasteiger partial charge on any atom is -0.192 e. The Hall–Kier alpha value is -3.63. The Morgan fingerprint density at radius 1 is 0.533 bits per heavy atom. The van der Waals surface area contributed by atoms with Crippen molar-refractivity contribution < 1.29 is 0 Å². The lowest BCUT2D eigenvalue weighted by molar-refractivity contribution is 0.590. The van der Waals surface area contributed by atoms with Crippen molar-refractivity contribution in [2.75, 3.05) is 0 Å². The Balaban J connectivity index is 1.78. The molecule has 4 aromatic rings. The summed E-state index contributed by atoms with van der Waals surface area (Å²) in [5.74, 6) is 0. The van der Waals surface area contributed by atoms with Gasteiger partial charge in [-0.25, -0.2) is 0 Å². The van der Waals surface area contributed by atoms with Crippen LogP contribution in [0.2, 0.25) is 0 Å². The lowest BCUT2D eigenvalue weighted by Crippen LogP contribution is -2.11. The molecule has 0 amide bonds. The summed E-state index contributed by atoms with van der Waals surface area (Å²) < 4.78 is 0. The van der Waals surface area contributed by atoms with Gasteiger partial charge in [-0.15, -0.1) is 0 Å². The summed E-state index contributed by atoms with van der Waals surface area (Å²) in [4.78, 5) is 0. The number of rotatable bonds is 3. The van der Waals surface area contributed by atoms with Crippen LogP contribution in [0.3, 0.4) is 0 Å². The molecule has 1 heteroatoms. The molecule has 0 aliphatic rings. The third-order valence-corrected chi connectivity index (χ3v) is 5.47. The van der Waals surface area contributed by atoms with E-state index in [0.29, 0.717) is 5.56 Å². The maximum atomic E-state index is 9.10. The second-order valence-electron chi connectivity index (χ2n) is 8.68. The van der Waals surface area contributed by atoms with Crippen LogP contribution in [0.4, 0.5) is 0 Å². The van der Waals surface area contributed by atoms with Gasteiger partial charge in [0.05, 0.1) is 11.6 Å². The highest BCUT2D eigenvalue weighted by molar-refractivity contribution is 5.76. The molecule has 0 aliphatic carbocycles. The van der Waals surface area contributed by atoms with E-state index in [1.54, 1.807) is 0 Å². The van der Waals surface area contributed by atoms with Crippen LogP contribution in [0.25, 0.3) is 33.4 Å². The zero-order valence-electron chi connectivity index (χ0n) is 17.7. The average molecular weight is 388 g/mol. The molecule has 0 saturated carbocycles. The largest absolute Gasteiger partial charge is 0.192 e. The van der Waals surface area contributed by atoms with Crippen molar-refractivity contribution in [2.24, 2.45) is 0 Å². The fourth-order valence-corrected chi connectivity index (χ4v) is 3.62. The summed E-state index contributed by atoms with van der Waals surface area (Å²) in [5, 5.41) is 9.10. The highest BCUT2D eigenvalue weighted by Crippen LogP contribution is 2.34. The first-order chi connectivity index (χ1) is 14.4. The third kappa shape index (κ3) is 4.19. The quantitative estimate of drug-likeness (QED) is 0.351. The van der Waals surface area contributed by atoms with Crippen LogP contribution in [0.15, 0.2) is 97.1 Å². The fraction of sp³-hybridized carbons (Fsp3) is 0.138. The van der Waals surface area contributed by atoms with E-state index in [1.165, 1.54) is 33.4 Å². The maximum Gasteiger partial charge on any atom is 0.0991 e. The summed E-state index contributed by atoms with van der Waals surface area (Å²) >= 11 is 0. The average Bonchev–Trinajstić information content (AvgIpc) is 2.79. The van der Waals surface area contributed by atoms with Gasteiger partial charge in [-0.05, 0) is 62.6 Å². The van der Waals surface area contributed by atoms with E-state index in [9.17, 15) is 0 Å². The second-order valence-corrected chi connectivity index (χ2v) is 8.68. The first-order valence-electron chi connectivity index (χ1n) is 10.3. The van der Waals surface area contributed by atoms with E-state index in [-0.39, 0.29) is 5.41 Å². The highest BCUT2D eigenvalue weighted by atomic mass is 14.2. The molecule has 0 bridgehead atoms. The van der Waals surface area contributed by atoms with E-state index in [2.05, 4.69) is 93.6 Å². The van der Waals surface area contributed by atoms with Gasteiger partial charge in [0.1, 0.15) is 0 Å². The van der Waals surface area contributed by atoms with Crippen LogP contribution < -0.4 is 0 Å². The van der Waals surface area contributed by atoms with Crippen LogP contribution in [0, 0.1) is 11.3 Å². The molecule has 146 valence electrons. The molecule has 0 radical (unpaired) electrons. The lowest BCUT2D eigenvalue weighted by Gasteiger charge is -2.22. The Morgan fingerprint density at radius 2 is 0.967 bits per heavy atom.